The highest BCUT2D eigenvalue weighted by Crippen LogP contribution is 2.34. The van der Waals surface area contributed by atoms with Crippen LogP contribution in [0.1, 0.15) is 44.9 Å². The van der Waals surface area contributed by atoms with E-state index in [9.17, 15) is 0 Å². The Hall–Kier alpha value is -1.28. The summed E-state index contributed by atoms with van der Waals surface area (Å²) in [6.07, 6.45) is 8.25. The fourth-order valence-corrected chi connectivity index (χ4v) is 4.96. The number of thioether (sulfide) groups is 1. The van der Waals surface area contributed by atoms with E-state index >= 15 is 0 Å². The Morgan fingerprint density at radius 1 is 1.23 bits per heavy atom. The number of nitrogens with zero attached hydrogens (tertiary/aromatic N) is 5. The van der Waals surface area contributed by atoms with Gasteiger partial charge in [0.1, 0.15) is 18.7 Å². The molecule has 2 heterocycles. The predicted octanol–water partition coefficient (Wildman–Crippen LogP) is 1.62. The summed E-state index contributed by atoms with van der Waals surface area (Å²) in [6, 6.07) is 0. The van der Waals surface area contributed by atoms with Gasteiger partial charge >= 0.3 is 0 Å². The lowest BCUT2D eigenvalue weighted by Crippen LogP contribution is -2.59. The summed E-state index contributed by atoms with van der Waals surface area (Å²) in [4.78, 5) is 11.7. The lowest BCUT2D eigenvalue weighted by molar-refractivity contribution is 0.0626. The molecule has 2 aliphatic rings. The third-order valence-electron chi connectivity index (χ3n) is 5.58. The standard InChI is InChI=1S/C18H33N7S/c1-3-19-17(20-13-16-22-15-23-24(16)2)21-14-18(7-5-4-6-8-18)25-9-11-26-12-10-25/h15H,3-14H2,1-2H3,(H2,19,20,21). The van der Waals surface area contributed by atoms with Crippen LogP contribution in [0.2, 0.25) is 0 Å². The van der Waals surface area contributed by atoms with Crippen LogP contribution in [0.4, 0.5) is 0 Å². The van der Waals surface area contributed by atoms with Crippen molar-refractivity contribution >= 4 is 17.7 Å². The molecule has 26 heavy (non-hydrogen) atoms. The third-order valence-corrected chi connectivity index (χ3v) is 6.52. The van der Waals surface area contributed by atoms with Crippen LogP contribution in [0.5, 0.6) is 0 Å². The average Bonchev–Trinajstić information content (AvgIpc) is 3.10. The Labute approximate surface area is 161 Å². The molecule has 0 bridgehead atoms. The summed E-state index contributed by atoms with van der Waals surface area (Å²) < 4.78 is 1.78. The molecule has 1 aliphatic carbocycles. The Kier molecular flexibility index (Phi) is 7.19. The van der Waals surface area contributed by atoms with Crippen molar-refractivity contribution in [3.8, 4) is 0 Å². The summed E-state index contributed by atoms with van der Waals surface area (Å²) in [5.41, 5.74) is 0.292. The first-order valence-electron chi connectivity index (χ1n) is 9.91. The fraction of sp³-hybridized carbons (Fsp3) is 0.833. The lowest BCUT2D eigenvalue weighted by Gasteiger charge is -2.48. The number of aliphatic imine (C=N–C) groups is 1. The van der Waals surface area contributed by atoms with Crippen LogP contribution in [0.25, 0.3) is 0 Å². The highest BCUT2D eigenvalue weighted by molar-refractivity contribution is 7.99. The summed E-state index contributed by atoms with van der Waals surface area (Å²) in [7, 11) is 1.91. The molecular weight excluding hydrogens is 346 g/mol. The Morgan fingerprint density at radius 2 is 2.00 bits per heavy atom. The average molecular weight is 380 g/mol. The zero-order chi connectivity index (χ0) is 18.2. The van der Waals surface area contributed by atoms with E-state index in [1.807, 2.05) is 7.05 Å². The van der Waals surface area contributed by atoms with Crippen LogP contribution >= 0.6 is 11.8 Å². The molecule has 1 aliphatic heterocycles. The van der Waals surface area contributed by atoms with Gasteiger partial charge in [-0.05, 0) is 19.8 Å². The zero-order valence-corrected chi connectivity index (χ0v) is 17.0. The SMILES string of the molecule is CCNC(=NCc1ncnn1C)NCC1(N2CCSCC2)CCCCC1. The maximum absolute atomic E-state index is 4.73. The normalized spacial score (nSPS) is 21.5. The van der Waals surface area contributed by atoms with Crippen molar-refractivity contribution in [3.05, 3.63) is 12.2 Å². The molecule has 0 amide bonds. The first-order chi connectivity index (χ1) is 12.7. The molecule has 2 N–H and O–H groups in total. The maximum atomic E-state index is 4.73. The van der Waals surface area contributed by atoms with Gasteiger partial charge in [0, 0.05) is 50.3 Å². The van der Waals surface area contributed by atoms with Crippen LogP contribution in [0, 0.1) is 0 Å². The van der Waals surface area contributed by atoms with Gasteiger partial charge in [-0.3, -0.25) is 9.58 Å². The van der Waals surface area contributed by atoms with Crippen LogP contribution in [0.3, 0.4) is 0 Å². The van der Waals surface area contributed by atoms with E-state index in [0.717, 1.165) is 24.9 Å². The summed E-state index contributed by atoms with van der Waals surface area (Å²) in [6.45, 7) is 6.93. The monoisotopic (exact) mass is 379 g/mol. The van der Waals surface area contributed by atoms with E-state index in [1.165, 1.54) is 56.7 Å². The van der Waals surface area contributed by atoms with Crippen LogP contribution < -0.4 is 10.6 Å². The van der Waals surface area contributed by atoms with Gasteiger partial charge < -0.3 is 10.6 Å². The minimum atomic E-state index is 0.292. The second kappa shape index (κ2) is 9.60. The van der Waals surface area contributed by atoms with Crippen molar-refractivity contribution in [1.82, 2.24) is 30.3 Å². The number of hydrogen-bond donors (Lipinski definition) is 2. The van der Waals surface area contributed by atoms with Crippen molar-refractivity contribution in [2.75, 3.05) is 37.7 Å². The molecule has 1 saturated heterocycles. The van der Waals surface area contributed by atoms with E-state index in [2.05, 4.69) is 44.3 Å². The highest BCUT2D eigenvalue weighted by Gasteiger charge is 2.38. The number of nitrogens with one attached hydrogen (secondary N) is 2. The molecule has 1 aromatic rings. The molecule has 0 radical (unpaired) electrons. The summed E-state index contributed by atoms with van der Waals surface area (Å²) in [5, 5.41) is 11.1. The third kappa shape index (κ3) is 4.91. The quantitative estimate of drug-likeness (QED) is 0.578. The highest BCUT2D eigenvalue weighted by atomic mass is 32.2. The van der Waals surface area contributed by atoms with Gasteiger partial charge in [0.15, 0.2) is 5.96 Å². The van der Waals surface area contributed by atoms with E-state index < -0.39 is 0 Å². The molecule has 146 valence electrons. The van der Waals surface area contributed by atoms with Crippen molar-refractivity contribution in [3.63, 3.8) is 0 Å². The van der Waals surface area contributed by atoms with Gasteiger partial charge in [0.05, 0.1) is 0 Å². The molecule has 7 nitrogen and oxygen atoms in total. The number of guanidine groups is 1. The summed E-state index contributed by atoms with van der Waals surface area (Å²) in [5.74, 6) is 4.29. The molecule has 3 rings (SSSR count). The summed E-state index contributed by atoms with van der Waals surface area (Å²) >= 11 is 2.09. The Bertz CT molecular complexity index is 574. The second-order valence-electron chi connectivity index (χ2n) is 7.23. The van der Waals surface area contributed by atoms with E-state index in [-0.39, 0.29) is 0 Å². The van der Waals surface area contributed by atoms with Gasteiger partial charge in [-0.1, -0.05) is 19.3 Å². The van der Waals surface area contributed by atoms with Crippen molar-refractivity contribution in [2.24, 2.45) is 12.0 Å². The zero-order valence-electron chi connectivity index (χ0n) is 16.2. The predicted molar refractivity (Wildman–Crippen MR) is 109 cm³/mol. The van der Waals surface area contributed by atoms with Gasteiger partial charge in [0.25, 0.3) is 0 Å². The molecule has 0 atom stereocenters. The minimum absolute atomic E-state index is 0.292. The molecule has 0 spiro atoms. The van der Waals surface area contributed by atoms with Crippen molar-refractivity contribution < 1.29 is 0 Å². The molecular formula is C18H33N7S. The number of hydrogen-bond acceptors (Lipinski definition) is 5. The van der Waals surface area contributed by atoms with Gasteiger partial charge in [-0.2, -0.15) is 16.9 Å². The van der Waals surface area contributed by atoms with Crippen LogP contribution in [-0.4, -0.2) is 68.8 Å². The number of rotatable bonds is 6. The molecule has 2 fully saturated rings. The number of aromatic nitrogens is 3. The Morgan fingerprint density at radius 3 is 2.65 bits per heavy atom. The van der Waals surface area contributed by atoms with Crippen molar-refractivity contribution in [1.29, 1.82) is 0 Å². The topological polar surface area (TPSA) is 70.4 Å². The molecule has 0 unspecified atom stereocenters. The fourth-order valence-electron chi connectivity index (χ4n) is 4.06. The van der Waals surface area contributed by atoms with Crippen LogP contribution in [-0.2, 0) is 13.6 Å². The first-order valence-corrected chi connectivity index (χ1v) is 11.1. The van der Waals surface area contributed by atoms with Gasteiger partial charge in [-0.15, -0.1) is 0 Å². The molecule has 0 aromatic carbocycles. The number of aryl methyl sites for hydroxylation is 1. The smallest absolute Gasteiger partial charge is 0.191 e. The van der Waals surface area contributed by atoms with Crippen molar-refractivity contribution in [2.45, 2.75) is 51.1 Å². The van der Waals surface area contributed by atoms with Gasteiger partial charge in [0.2, 0.25) is 0 Å². The first kappa shape index (κ1) is 19.5. The molecule has 1 aromatic heterocycles. The van der Waals surface area contributed by atoms with E-state index in [0.29, 0.717) is 12.1 Å². The maximum Gasteiger partial charge on any atom is 0.191 e. The largest absolute Gasteiger partial charge is 0.357 e. The minimum Gasteiger partial charge on any atom is -0.357 e. The molecule has 8 heteroatoms. The van der Waals surface area contributed by atoms with Gasteiger partial charge in [-0.25, -0.2) is 9.98 Å². The van der Waals surface area contributed by atoms with E-state index in [1.54, 1.807) is 11.0 Å². The van der Waals surface area contributed by atoms with Crippen LogP contribution in [0.15, 0.2) is 11.3 Å². The molecule has 1 saturated carbocycles. The lowest BCUT2D eigenvalue weighted by atomic mass is 9.80. The second-order valence-corrected chi connectivity index (χ2v) is 8.46. The van der Waals surface area contributed by atoms with E-state index in [4.69, 9.17) is 4.99 Å². The Balaban J connectivity index is 1.65.